The van der Waals surface area contributed by atoms with Gasteiger partial charge in [-0.1, -0.05) is 30.7 Å². The highest BCUT2D eigenvalue weighted by atomic mass is 35.5. The standard InChI is InChI=1S/C19H22ClNO3/c1-3-18(24-16-10-8-15(20)9-11-16)19(22)21-13-14-6-5-7-17(12-14)23-4-2/h5-12,18H,3-4,13H2,1-2H3,(H,21,22)/t18-/m1/s1. The summed E-state index contributed by atoms with van der Waals surface area (Å²) in [6.45, 7) is 4.90. The van der Waals surface area contributed by atoms with Crippen LogP contribution in [0.1, 0.15) is 25.8 Å². The van der Waals surface area contributed by atoms with Gasteiger partial charge in [0.2, 0.25) is 0 Å². The minimum Gasteiger partial charge on any atom is -0.494 e. The van der Waals surface area contributed by atoms with Crippen LogP contribution in [0.25, 0.3) is 0 Å². The van der Waals surface area contributed by atoms with E-state index in [1.54, 1.807) is 24.3 Å². The van der Waals surface area contributed by atoms with Crippen LogP contribution in [0, 0.1) is 0 Å². The van der Waals surface area contributed by atoms with E-state index in [0.29, 0.717) is 30.3 Å². The maximum Gasteiger partial charge on any atom is 0.261 e. The van der Waals surface area contributed by atoms with E-state index in [1.165, 1.54) is 0 Å². The monoisotopic (exact) mass is 347 g/mol. The zero-order chi connectivity index (χ0) is 17.4. The molecule has 1 amide bonds. The Morgan fingerprint density at radius 3 is 2.54 bits per heavy atom. The molecule has 0 unspecified atom stereocenters. The van der Waals surface area contributed by atoms with Crippen molar-refractivity contribution in [1.82, 2.24) is 5.32 Å². The van der Waals surface area contributed by atoms with Crippen LogP contribution >= 0.6 is 11.6 Å². The lowest BCUT2D eigenvalue weighted by molar-refractivity contribution is -0.128. The van der Waals surface area contributed by atoms with Gasteiger partial charge in [0.05, 0.1) is 6.61 Å². The molecule has 0 saturated carbocycles. The number of amides is 1. The Labute approximate surface area is 147 Å². The Bertz CT molecular complexity index is 658. The van der Waals surface area contributed by atoms with Gasteiger partial charge in [-0.25, -0.2) is 0 Å². The summed E-state index contributed by atoms with van der Waals surface area (Å²) < 4.78 is 11.2. The van der Waals surface area contributed by atoms with E-state index >= 15 is 0 Å². The second-order valence-corrected chi connectivity index (χ2v) is 5.70. The molecule has 5 heteroatoms. The van der Waals surface area contributed by atoms with Crippen molar-refractivity contribution in [2.75, 3.05) is 6.61 Å². The SMILES string of the molecule is CCOc1cccc(CNC(=O)[C@@H](CC)Oc2ccc(Cl)cc2)c1. The molecule has 128 valence electrons. The van der Waals surface area contributed by atoms with E-state index in [4.69, 9.17) is 21.1 Å². The average Bonchev–Trinajstić information content (AvgIpc) is 2.60. The van der Waals surface area contributed by atoms with E-state index in [-0.39, 0.29) is 5.91 Å². The van der Waals surface area contributed by atoms with Gasteiger partial charge >= 0.3 is 0 Å². The molecule has 4 nitrogen and oxygen atoms in total. The zero-order valence-corrected chi connectivity index (χ0v) is 14.7. The van der Waals surface area contributed by atoms with Crippen LogP contribution in [-0.4, -0.2) is 18.6 Å². The van der Waals surface area contributed by atoms with Crippen LogP contribution in [0.15, 0.2) is 48.5 Å². The zero-order valence-electron chi connectivity index (χ0n) is 13.9. The third kappa shape index (κ3) is 5.46. The van der Waals surface area contributed by atoms with Crippen molar-refractivity contribution in [2.45, 2.75) is 32.9 Å². The smallest absolute Gasteiger partial charge is 0.261 e. The van der Waals surface area contributed by atoms with Gasteiger partial charge in [-0.3, -0.25) is 4.79 Å². The Balaban J connectivity index is 1.91. The fourth-order valence-corrected chi connectivity index (χ4v) is 2.34. The quantitative estimate of drug-likeness (QED) is 0.778. The normalized spacial score (nSPS) is 11.6. The summed E-state index contributed by atoms with van der Waals surface area (Å²) in [6, 6.07) is 14.7. The summed E-state index contributed by atoms with van der Waals surface area (Å²) in [5.74, 6) is 1.28. The number of hydrogen-bond donors (Lipinski definition) is 1. The predicted octanol–water partition coefficient (Wildman–Crippen LogP) is 4.21. The van der Waals surface area contributed by atoms with Crippen molar-refractivity contribution in [3.05, 3.63) is 59.1 Å². The molecular weight excluding hydrogens is 326 g/mol. The van der Waals surface area contributed by atoms with Crippen LogP contribution < -0.4 is 14.8 Å². The molecule has 2 aromatic rings. The first-order valence-corrected chi connectivity index (χ1v) is 8.41. The van der Waals surface area contributed by atoms with Gasteiger partial charge < -0.3 is 14.8 Å². The van der Waals surface area contributed by atoms with Crippen molar-refractivity contribution in [3.63, 3.8) is 0 Å². The van der Waals surface area contributed by atoms with Gasteiger partial charge in [0.25, 0.3) is 5.91 Å². The van der Waals surface area contributed by atoms with Gasteiger partial charge in [0.15, 0.2) is 6.10 Å². The summed E-state index contributed by atoms with van der Waals surface area (Å²) in [5.41, 5.74) is 0.982. The molecule has 0 aliphatic carbocycles. The van der Waals surface area contributed by atoms with Crippen LogP contribution in [0.2, 0.25) is 5.02 Å². The average molecular weight is 348 g/mol. The lowest BCUT2D eigenvalue weighted by atomic mass is 10.2. The molecule has 0 aliphatic rings. The molecule has 24 heavy (non-hydrogen) atoms. The lowest BCUT2D eigenvalue weighted by Crippen LogP contribution is -2.37. The lowest BCUT2D eigenvalue weighted by Gasteiger charge is -2.17. The molecule has 0 aliphatic heterocycles. The van der Waals surface area contributed by atoms with Crippen LogP contribution in [0.5, 0.6) is 11.5 Å². The minimum atomic E-state index is -0.541. The third-order valence-corrected chi connectivity index (χ3v) is 3.68. The van der Waals surface area contributed by atoms with Crippen LogP contribution in [-0.2, 0) is 11.3 Å². The maximum atomic E-state index is 12.3. The van der Waals surface area contributed by atoms with Gasteiger partial charge in [-0.2, -0.15) is 0 Å². The number of carbonyl (C=O) groups is 1. The number of rotatable bonds is 8. The Morgan fingerprint density at radius 2 is 1.88 bits per heavy atom. The summed E-state index contributed by atoms with van der Waals surface area (Å²) in [7, 11) is 0. The third-order valence-electron chi connectivity index (χ3n) is 3.43. The summed E-state index contributed by atoms with van der Waals surface area (Å²) >= 11 is 5.85. The van der Waals surface area contributed by atoms with Crippen molar-refractivity contribution < 1.29 is 14.3 Å². The Hall–Kier alpha value is -2.20. The maximum absolute atomic E-state index is 12.3. The van der Waals surface area contributed by atoms with Crippen molar-refractivity contribution in [1.29, 1.82) is 0 Å². The van der Waals surface area contributed by atoms with Crippen molar-refractivity contribution >= 4 is 17.5 Å². The largest absolute Gasteiger partial charge is 0.494 e. The van der Waals surface area contributed by atoms with E-state index in [9.17, 15) is 4.79 Å². The Kier molecular flexibility index (Phi) is 6.94. The van der Waals surface area contributed by atoms with Crippen molar-refractivity contribution in [2.24, 2.45) is 0 Å². The van der Waals surface area contributed by atoms with Gasteiger partial charge in [-0.15, -0.1) is 0 Å². The first-order chi connectivity index (χ1) is 11.6. The minimum absolute atomic E-state index is 0.144. The highest BCUT2D eigenvalue weighted by Gasteiger charge is 2.18. The highest BCUT2D eigenvalue weighted by Crippen LogP contribution is 2.18. The molecule has 0 aromatic heterocycles. The molecular formula is C19H22ClNO3. The summed E-state index contributed by atoms with van der Waals surface area (Å²) in [6.07, 6.45) is 0.0363. The molecule has 0 heterocycles. The Morgan fingerprint density at radius 1 is 1.12 bits per heavy atom. The second kappa shape index (κ2) is 9.18. The topological polar surface area (TPSA) is 47.6 Å². The molecule has 0 spiro atoms. The summed E-state index contributed by atoms with van der Waals surface area (Å²) in [5, 5.41) is 3.54. The molecule has 2 aromatic carbocycles. The molecule has 1 atom stereocenters. The number of halogens is 1. The molecule has 0 saturated heterocycles. The molecule has 2 rings (SSSR count). The highest BCUT2D eigenvalue weighted by molar-refractivity contribution is 6.30. The van der Waals surface area contributed by atoms with Gasteiger partial charge in [0, 0.05) is 11.6 Å². The molecule has 0 fully saturated rings. The van der Waals surface area contributed by atoms with Gasteiger partial charge in [0.1, 0.15) is 11.5 Å². The molecule has 1 N–H and O–H groups in total. The first-order valence-electron chi connectivity index (χ1n) is 8.04. The fraction of sp³-hybridized carbons (Fsp3) is 0.316. The number of ether oxygens (including phenoxy) is 2. The number of nitrogens with one attached hydrogen (secondary N) is 1. The number of benzene rings is 2. The van der Waals surface area contributed by atoms with E-state index < -0.39 is 6.10 Å². The predicted molar refractivity (Wildman–Crippen MR) is 95.6 cm³/mol. The van der Waals surface area contributed by atoms with Crippen LogP contribution in [0.4, 0.5) is 0 Å². The second-order valence-electron chi connectivity index (χ2n) is 5.27. The van der Waals surface area contributed by atoms with Crippen LogP contribution in [0.3, 0.4) is 0 Å². The fourth-order valence-electron chi connectivity index (χ4n) is 2.21. The number of carbonyl (C=O) groups excluding carboxylic acids is 1. The van der Waals surface area contributed by atoms with E-state index in [2.05, 4.69) is 5.32 Å². The van der Waals surface area contributed by atoms with Gasteiger partial charge in [-0.05, 0) is 55.3 Å². The number of hydrogen-bond acceptors (Lipinski definition) is 3. The van der Waals surface area contributed by atoms with Crippen molar-refractivity contribution in [3.8, 4) is 11.5 Å². The van der Waals surface area contributed by atoms with E-state index in [1.807, 2.05) is 38.1 Å². The van der Waals surface area contributed by atoms with E-state index in [0.717, 1.165) is 11.3 Å². The molecule has 0 bridgehead atoms. The molecule has 0 radical (unpaired) electrons. The first kappa shape index (κ1) is 18.1. The summed E-state index contributed by atoms with van der Waals surface area (Å²) in [4.78, 5) is 12.3.